The number of aliphatic hydroxyl groups excluding tert-OH is 1. The van der Waals surface area contributed by atoms with E-state index >= 15 is 0 Å². The average molecular weight is 204 g/mol. The van der Waals surface area contributed by atoms with Crippen LogP contribution in [-0.4, -0.2) is 90.9 Å². The van der Waals surface area contributed by atoms with Gasteiger partial charge in [0.2, 0.25) is 0 Å². The second-order valence-electron chi connectivity index (χ2n) is 1.30. The molecule has 0 amide bonds. The van der Waals surface area contributed by atoms with Crippen LogP contribution in [0.1, 0.15) is 0 Å². The third-order valence-corrected chi connectivity index (χ3v) is 1.40. The van der Waals surface area contributed by atoms with E-state index < -0.39 is 19.4 Å². The topological polar surface area (TPSA) is 115 Å². The van der Waals surface area contributed by atoms with Crippen molar-refractivity contribution in [1.82, 2.24) is 0 Å². The number of carbonyl (C=O) groups is 1. The van der Waals surface area contributed by atoms with Crippen LogP contribution in [0.4, 0.5) is 0 Å². The summed E-state index contributed by atoms with van der Waals surface area (Å²) in [5, 5.41) is 15.9. The van der Waals surface area contributed by atoms with Gasteiger partial charge < -0.3 is 20.0 Å². The summed E-state index contributed by atoms with van der Waals surface area (Å²) in [6.07, 6.45) is 0. The van der Waals surface area contributed by atoms with Gasteiger partial charge in [-0.05, 0) is 0 Å². The molecule has 9 heteroatoms. The number of aliphatic carboxylic acids is 1. The summed E-state index contributed by atoms with van der Waals surface area (Å²) in [7, 11) is -4.86. The van der Waals surface area contributed by atoms with Gasteiger partial charge in [-0.3, -0.25) is 4.57 Å². The molecule has 0 aromatic heterocycles. The Balaban J connectivity index is -0.000000320. The maximum absolute atomic E-state index is 9.84. The molecule has 0 aromatic carbocycles. The number of hydrogen-bond acceptors (Lipinski definition) is 3. The summed E-state index contributed by atoms with van der Waals surface area (Å²) in [5.74, 6) is -4.53. The molecule has 1 unspecified atom stereocenters. The average Bonchev–Trinajstić information content (AvgIpc) is 1.62. The third-order valence-electron chi connectivity index (χ3n) is 0.539. The van der Waals surface area contributed by atoms with E-state index in [-0.39, 0.29) is 59.1 Å². The van der Waals surface area contributed by atoms with E-state index in [1.165, 1.54) is 0 Å². The fraction of sp³-hybridized carbons (Fsp3) is 0.500. The van der Waals surface area contributed by atoms with Gasteiger partial charge in [0.15, 0.2) is 0 Å². The molecule has 0 saturated heterocycles. The van der Waals surface area contributed by atoms with Gasteiger partial charge in [0, 0.05) is 0 Å². The zero-order valence-corrected chi connectivity index (χ0v) is 5.02. The molecule has 4 N–H and O–H groups in total. The molecule has 0 rings (SSSR count). The molecule has 0 aliphatic rings. The van der Waals surface area contributed by atoms with Crippen molar-refractivity contribution in [3.05, 3.63) is 0 Å². The van der Waals surface area contributed by atoms with Gasteiger partial charge in [-0.2, -0.15) is 0 Å². The molecular formula is C2H7Na2O6P. The maximum atomic E-state index is 9.84. The fourth-order valence-electron chi connectivity index (χ4n) is 0.144. The van der Waals surface area contributed by atoms with E-state index in [0.29, 0.717) is 0 Å². The minimum absolute atomic E-state index is 0. The van der Waals surface area contributed by atoms with Gasteiger partial charge in [-0.15, -0.1) is 0 Å². The van der Waals surface area contributed by atoms with E-state index in [2.05, 4.69) is 0 Å². The molecule has 6 nitrogen and oxygen atoms in total. The first-order valence-corrected chi connectivity index (χ1v) is 3.50. The van der Waals surface area contributed by atoms with E-state index in [0.717, 1.165) is 0 Å². The predicted molar refractivity (Wildman–Crippen MR) is 40.0 cm³/mol. The Morgan fingerprint density at radius 2 is 1.55 bits per heavy atom. The molecule has 0 aliphatic carbocycles. The molecule has 0 saturated carbocycles. The Morgan fingerprint density at radius 3 is 1.55 bits per heavy atom. The Morgan fingerprint density at radius 1 is 1.27 bits per heavy atom. The van der Waals surface area contributed by atoms with Gasteiger partial charge in [0.25, 0.3) is 5.85 Å². The Hall–Kier alpha value is 1.58. The van der Waals surface area contributed by atoms with Crippen LogP contribution in [0.25, 0.3) is 0 Å². The number of carboxylic acids is 1. The number of rotatable bonds is 2. The molecule has 0 spiro atoms. The van der Waals surface area contributed by atoms with Crippen molar-refractivity contribution in [2.75, 3.05) is 0 Å². The molecule has 0 fully saturated rings. The first-order valence-electron chi connectivity index (χ1n) is 1.82. The Labute approximate surface area is 107 Å². The van der Waals surface area contributed by atoms with Crippen LogP contribution in [0.2, 0.25) is 0 Å². The molecule has 0 radical (unpaired) electrons. The zero-order chi connectivity index (χ0) is 7.65. The Kier molecular flexibility index (Phi) is 11.7. The molecular weight excluding hydrogens is 197 g/mol. The van der Waals surface area contributed by atoms with Crippen molar-refractivity contribution in [2.24, 2.45) is 0 Å². The quantitative estimate of drug-likeness (QED) is 0.286. The summed E-state index contributed by atoms with van der Waals surface area (Å²) >= 11 is 0. The van der Waals surface area contributed by atoms with Crippen molar-refractivity contribution < 1.29 is 29.4 Å². The summed E-state index contributed by atoms with van der Waals surface area (Å²) in [4.78, 5) is 25.5. The summed E-state index contributed by atoms with van der Waals surface area (Å²) < 4.78 is 9.84. The van der Waals surface area contributed by atoms with E-state index in [1.54, 1.807) is 0 Å². The van der Waals surface area contributed by atoms with Crippen LogP contribution in [0.15, 0.2) is 0 Å². The molecule has 0 aromatic rings. The van der Waals surface area contributed by atoms with Gasteiger partial charge >= 0.3 is 72.7 Å². The summed E-state index contributed by atoms with van der Waals surface area (Å²) in [6, 6.07) is 0. The number of hydrogen-bond donors (Lipinski definition) is 4. The number of carboxylic acid groups (broad SMARTS) is 1. The summed E-state index contributed by atoms with van der Waals surface area (Å²) in [6.45, 7) is 0. The van der Waals surface area contributed by atoms with Crippen LogP contribution in [0.5, 0.6) is 0 Å². The van der Waals surface area contributed by atoms with Gasteiger partial charge in [-0.25, -0.2) is 4.79 Å². The van der Waals surface area contributed by atoms with Crippen molar-refractivity contribution in [1.29, 1.82) is 0 Å². The third kappa shape index (κ3) is 7.93. The van der Waals surface area contributed by atoms with E-state index in [4.69, 9.17) is 20.0 Å². The molecule has 58 valence electrons. The second kappa shape index (κ2) is 7.03. The molecule has 11 heavy (non-hydrogen) atoms. The van der Waals surface area contributed by atoms with Crippen LogP contribution < -0.4 is 0 Å². The van der Waals surface area contributed by atoms with E-state index in [9.17, 15) is 9.36 Å². The summed E-state index contributed by atoms with van der Waals surface area (Å²) in [5.41, 5.74) is 0. The van der Waals surface area contributed by atoms with Crippen molar-refractivity contribution in [3.8, 4) is 0 Å². The van der Waals surface area contributed by atoms with Gasteiger partial charge in [-0.1, -0.05) is 0 Å². The minimum atomic E-state index is -4.86. The van der Waals surface area contributed by atoms with Crippen LogP contribution in [-0.2, 0) is 9.36 Å². The van der Waals surface area contributed by atoms with Crippen molar-refractivity contribution in [3.63, 3.8) is 0 Å². The zero-order valence-electron chi connectivity index (χ0n) is 4.13. The number of aliphatic hydroxyl groups is 1. The van der Waals surface area contributed by atoms with E-state index in [1.807, 2.05) is 0 Å². The first kappa shape index (κ1) is 18.4. The van der Waals surface area contributed by atoms with Crippen LogP contribution in [0, 0.1) is 0 Å². The molecule has 1 atom stereocenters. The Bertz CT molecular complexity index is 164. The first-order chi connectivity index (χ1) is 3.85. The standard InChI is InChI=1S/C2H5O6P.2Na.2H/c3-1(4)2(5)9(6,7)8;;;;/h2,5H,(H,3,4)(H2,6,7,8);;;;. The van der Waals surface area contributed by atoms with Crippen molar-refractivity contribution >= 4 is 72.7 Å². The van der Waals surface area contributed by atoms with Gasteiger partial charge in [0.1, 0.15) is 0 Å². The van der Waals surface area contributed by atoms with Crippen LogP contribution >= 0.6 is 7.60 Å². The molecule has 0 heterocycles. The fourth-order valence-corrected chi connectivity index (χ4v) is 0.432. The molecule has 0 bridgehead atoms. The monoisotopic (exact) mass is 204 g/mol. The van der Waals surface area contributed by atoms with Crippen molar-refractivity contribution in [2.45, 2.75) is 5.85 Å². The van der Waals surface area contributed by atoms with Gasteiger partial charge in [0.05, 0.1) is 0 Å². The normalized spacial score (nSPS) is 12.3. The SMILES string of the molecule is O=C(O)C(O)P(=O)(O)O.[NaH].[NaH]. The van der Waals surface area contributed by atoms with Crippen LogP contribution in [0.3, 0.4) is 0 Å². The predicted octanol–water partition coefficient (Wildman–Crippen LogP) is -2.73. The molecule has 0 aliphatic heterocycles. The second-order valence-corrected chi connectivity index (χ2v) is 2.97.